The van der Waals surface area contributed by atoms with Crippen LogP contribution in [0.25, 0.3) is 0 Å². The van der Waals surface area contributed by atoms with Gasteiger partial charge in [0.2, 0.25) is 0 Å². The molecule has 0 spiro atoms. The zero-order valence-electron chi connectivity index (χ0n) is 10.5. The molecular formula is C12H22N4. The molecule has 0 aromatic carbocycles. The van der Waals surface area contributed by atoms with Crippen molar-refractivity contribution in [2.24, 2.45) is 11.3 Å². The van der Waals surface area contributed by atoms with E-state index in [0.29, 0.717) is 11.3 Å². The standard InChI is InChI=1S/C12H22N4/c1-4-12(7-13-8-12)5-11-14-9-15-16(11)6-10(2)3/h9-10,13H,4-8H2,1-3H3. The first-order valence-electron chi connectivity index (χ1n) is 6.22. The largest absolute Gasteiger partial charge is 0.316 e. The molecule has 0 unspecified atom stereocenters. The van der Waals surface area contributed by atoms with Gasteiger partial charge in [0.05, 0.1) is 0 Å². The van der Waals surface area contributed by atoms with Crippen LogP contribution in [0.5, 0.6) is 0 Å². The molecule has 0 aliphatic carbocycles. The molecule has 0 saturated carbocycles. The molecule has 1 saturated heterocycles. The molecule has 1 aliphatic rings. The van der Waals surface area contributed by atoms with Crippen molar-refractivity contribution in [2.75, 3.05) is 13.1 Å². The number of nitrogens with one attached hydrogen (secondary N) is 1. The van der Waals surface area contributed by atoms with Crippen molar-refractivity contribution in [3.8, 4) is 0 Å². The minimum absolute atomic E-state index is 0.432. The predicted octanol–water partition coefficient (Wildman–Crippen LogP) is 1.48. The lowest BCUT2D eigenvalue weighted by Gasteiger charge is -2.41. The Balaban J connectivity index is 2.06. The summed E-state index contributed by atoms with van der Waals surface area (Å²) in [6, 6.07) is 0. The molecule has 2 rings (SSSR count). The summed E-state index contributed by atoms with van der Waals surface area (Å²) in [6.07, 6.45) is 3.96. The molecular weight excluding hydrogens is 200 g/mol. The Morgan fingerprint density at radius 3 is 2.75 bits per heavy atom. The van der Waals surface area contributed by atoms with Gasteiger partial charge in [0.15, 0.2) is 0 Å². The molecule has 0 atom stereocenters. The van der Waals surface area contributed by atoms with E-state index in [9.17, 15) is 0 Å². The lowest BCUT2D eigenvalue weighted by atomic mass is 9.76. The first kappa shape index (κ1) is 11.6. The molecule has 1 aliphatic heterocycles. The molecule has 0 radical (unpaired) electrons. The molecule has 1 aromatic heterocycles. The average Bonchev–Trinajstić information content (AvgIpc) is 2.58. The van der Waals surface area contributed by atoms with Crippen LogP contribution in [0.3, 0.4) is 0 Å². The third kappa shape index (κ3) is 2.26. The van der Waals surface area contributed by atoms with Crippen molar-refractivity contribution < 1.29 is 0 Å². The summed E-state index contributed by atoms with van der Waals surface area (Å²) < 4.78 is 2.07. The maximum absolute atomic E-state index is 4.41. The summed E-state index contributed by atoms with van der Waals surface area (Å²) in [6.45, 7) is 9.92. The maximum Gasteiger partial charge on any atom is 0.138 e. The zero-order chi connectivity index (χ0) is 11.6. The Morgan fingerprint density at radius 1 is 1.50 bits per heavy atom. The molecule has 16 heavy (non-hydrogen) atoms. The quantitative estimate of drug-likeness (QED) is 0.820. The van der Waals surface area contributed by atoms with Gasteiger partial charge >= 0.3 is 0 Å². The number of aromatic nitrogens is 3. The fourth-order valence-corrected chi connectivity index (χ4v) is 2.24. The topological polar surface area (TPSA) is 42.7 Å². The summed E-state index contributed by atoms with van der Waals surface area (Å²) in [5.41, 5.74) is 0.432. The van der Waals surface area contributed by atoms with Crippen LogP contribution < -0.4 is 5.32 Å². The smallest absolute Gasteiger partial charge is 0.138 e. The van der Waals surface area contributed by atoms with E-state index >= 15 is 0 Å². The molecule has 90 valence electrons. The summed E-state index contributed by atoms with van der Waals surface area (Å²) >= 11 is 0. The van der Waals surface area contributed by atoms with Crippen LogP contribution in [-0.2, 0) is 13.0 Å². The Labute approximate surface area is 97.5 Å². The first-order chi connectivity index (χ1) is 7.65. The van der Waals surface area contributed by atoms with Crippen LogP contribution in [0.15, 0.2) is 6.33 Å². The molecule has 1 N–H and O–H groups in total. The molecule has 4 nitrogen and oxygen atoms in total. The SMILES string of the molecule is CCC1(Cc2ncnn2CC(C)C)CNC1. The summed E-state index contributed by atoms with van der Waals surface area (Å²) in [4.78, 5) is 4.41. The van der Waals surface area contributed by atoms with Gasteiger partial charge in [-0.15, -0.1) is 0 Å². The summed E-state index contributed by atoms with van der Waals surface area (Å²) in [7, 11) is 0. The van der Waals surface area contributed by atoms with E-state index in [1.54, 1.807) is 6.33 Å². The van der Waals surface area contributed by atoms with E-state index in [1.807, 2.05) is 0 Å². The third-order valence-electron chi connectivity index (χ3n) is 3.52. The highest BCUT2D eigenvalue weighted by Gasteiger charge is 2.36. The van der Waals surface area contributed by atoms with Crippen molar-refractivity contribution in [3.63, 3.8) is 0 Å². The minimum Gasteiger partial charge on any atom is -0.316 e. The fourth-order valence-electron chi connectivity index (χ4n) is 2.24. The first-order valence-corrected chi connectivity index (χ1v) is 6.22. The van der Waals surface area contributed by atoms with E-state index in [-0.39, 0.29) is 0 Å². The normalized spacial score (nSPS) is 18.8. The van der Waals surface area contributed by atoms with Crippen molar-refractivity contribution in [1.29, 1.82) is 0 Å². The minimum atomic E-state index is 0.432. The third-order valence-corrected chi connectivity index (χ3v) is 3.52. The molecule has 1 fully saturated rings. The molecule has 4 heteroatoms. The van der Waals surface area contributed by atoms with Gasteiger partial charge in [-0.3, -0.25) is 0 Å². The fraction of sp³-hybridized carbons (Fsp3) is 0.833. The average molecular weight is 222 g/mol. The van der Waals surface area contributed by atoms with Gasteiger partial charge in [-0.25, -0.2) is 9.67 Å². The van der Waals surface area contributed by atoms with Crippen LogP contribution in [0.4, 0.5) is 0 Å². The van der Waals surface area contributed by atoms with Crippen LogP contribution >= 0.6 is 0 Å². The molecule has 0 amide bonds. The Morgan fingerprint density at radius 2 is 2.25 bits per heavy atom. The lowest BCUT2D eigenvalue weighted by Crippen LogP contribution is -2.54. The number of hydrogen-bond acceptors (Lipinski definition) is 3. The van der Waals surface area contributed by atoms with Crippen molar-refractivity contribution in [2.45, 2.75) is 40.2 Å². The monoisotopic (exact) mass is 222 g/mol. The van der Waals surface area contributed by atoms with Gasteiger partial charge in [-0.1, -0.05) is 20.8 Å². The van der Waals surface area contributed by atoms with Crippen LogP contribution in [0, 0.1) is 11.3 Å². The summed E-state index contributed by atoms with van der Waals surface area (Å²) in [5.74, 6) is 1.77. The van der Waals surface area contributed by atoms with Crippen molar-refractivity contribution >= 4 is 0 Å². The Kier molecular flexibility index (Phi) is 3.28. The van der Waals surface area contributed by atoms with Gasteiger partial charge < -0.3 is 5.32 Å². The van der Waals surface area contributed by atoms with Gasteiger partial charge in [-0.05, 0) is 12.3 Å². The molecule has 0 bridgehead atoms. The Bertz CT molecular complexity index is 333. The molecule has 1 aromatic rings. The highest BCUT2D eigenvalue weighted by molar-refractivity contribution is 5.00. The second kappa shape index (κ2) is 4.53. The van der Waals surface area contributed by atoms with Gasteiger partial charge in [0, 0.05) is 31.5 Å². The van der Waals surface area contributed by atoms with Crippen LogP contribution in [0.1, 0.15) is 33.0 Å². The number of rotatable bonds is 5. The van der Waals surface area contributed by atoms with E-state index in [0.717, 1.165) is 31.9 Å². The second-order valence-electron chi connectivity index (χ2n) is 5.39. The van der Waals surface area contributed by atoms with E-state index in [2.05, 4.69) is 40.9 Å². The predicted molar refractivity (Wildman–Crippen MR) is 64.2 cm³/mol. The second-order valence-corrected chi connectivity index (χ2v) is 5.39. The van der Waals surface area contributed by atoms with E-state index < -0.39 is 0 Å². The highest BCUT2D eigenvalue weighted by Crippen LogP contribution is 2.30. The van der Waals surface area contributed by atoms with Gasteiger partial charge in [0.25, 0.3) is 0 Å². The number of nitrogens with zero attached hydrogens (tertiary/aromatic N) is 3. The van der Waals surface area contributed by atoms with Crippen LogP contribution in [0.2, 0.25) is 0 Å². The number of hydrogen-bond donors (Lipinski definition) is 1. The van der Waals surface area contributed by atoms with E-state index in [1.165, 1.54) is 6.42 Å². The highest BCUT2D eigenvalue weighted by atomic mass is 15.3. The van der Waals surface area contributed by atoms with E-state index in [4.69, 9.17) is 0 Å². The van der Waals surface area contributed by atoms with Crippen molar-refractivity contribution in [1.82, 2.24) is 20.1 Å². The van der Waals surface area contributed by atoms with Crippen molar-refractivity contribution in [3.05, 3.63) is 12.2 Å². The van der Waals surface area contributed by atoms with Crippen LogP contribution in [-0.4, -0.2) is 27.9 Å². The summed E-state index contributed by atoms with van der Waals surface area (Å²) in [5, 5.41) is 7.69. The molecule has 2 heterocycles. The van der Waals surface area contributed by atoms with Gasteiger partial charge in [-0.2, -0.15) is 5.10 Å². The Hall–Kier alpha value is -0.900. The zero-order valence-corrected chi connectivity index (χ0v) is 10.5. The van der Waals surface area contributed by atoms with Gasteiger partial charge in [0.1, 0.15) is 12.2 Å². The lowest BCUT2D eigenvalue weighted by molar-refractivity contribution is 0.154. The maximum atomic E-state index is 4.41.